The van der Waals surface area contributed by atoms with E-state index in [0.717, 1.165) is 28.0 Å². The number of para-hydroxylation sites is 2. The van der Waals surface area contributed by atoms with Crippen molar-refractivity contribution >= 4 is 34.2 Å². The molecule has 5 rings (SSSR count). The average Bonchev–Trinajstić information content (AvgIpc) is 3.51. The van der Waals surface area contributed by atoms with Crippen LogP contribution in [-0.2, 0) is 13.0 Å². The Labute approximate surface area is 182 Å². The number of aromatic nitrogens is 4. The van der Waals surface area contributed by atoms with E-state index in [9.17, 15) is 4.79 Å². The van der Waals surface area contributed by atoms with E-state index in [0.29, 0.717) is 29.0 Å². The van der Waals surface area contributed by atoms with Gasteiger partial charge >= 0.3 is 0 Å². The minimum Gasteiger partial charge on any atom is -0.462 e. The lowest BCUT2D eigenvalue weighted by atomic mass is 10.2. The Hall–Kier alpha value is -3.78. The molecule has 31 heavy (non-hydrogen) atoms. The van der Waals surface area contributed by atoms with Gasteiger partial charge in [0.25, 0.3) is 5.91 Å². The van der Waals surface area contributed by atoms with Crippen LogP contribution in [0.25, 0.3) is 21.8 Å². The largest absolute Gasteiger partial charge is 0.462 e. The minimum absolute atomic E-state index is 0.291. The molecule has 1 amide bonds. The molecule has 0 aliphatic carbocycles. The molecular formula is C23H19N5O2S. The van der Waals surface area contributed by atoms with E-state index in [1.165, 1.54) is 11.3 Å². The maximum atomic E-state index is 13.1. The first kappa shape index (κ1) is 19.2. The van der Waals surface area contributed by atoms with Crippen molar-refractivity contribution in [3.63, 3.8) is 0 Å². The number of anilines is 1. The van der Waals surface area contributed by atoms with E-state index >= 15 is 0 Å². The van der Waals surface area contributed by atoms with Crippen molar-refractivity contribution in [2.75, 3.05) is 5.32 Å². The SMILES string of the molecule is Cc1sc(-c2ccco2)nc1C(=O)Nc1nc2ccccc2n1CCc1ccccn1. The van der Waals surface area contributed by atoms with Crippen LogP contribution in [0.1, 0.15) is 21.1 Å². The van der Waals surface area contributed by atoms with E-state index < -0.39 is 0 Å². The van der Waals surface area contributed by atoms with Crippen molar-refractivity contribution in [1.29, 1.82) is 0 Å². The highest BCUT2D eigenvalue weighted by Crippen LogP contribution is 2.28. The zero-order chi connectivity index (χ0) is 21.2. The second kappa shape index (κ2) is 8.16. The third kappa shape index (κ3) is 3.85. The lowest BCUT2D eigenvalue weighted by Gasteiger charge is -2.09. The van der Waals surface area contributed by atoms with E-state index in [4.69, 9.17) is 4.42 Å². The first-order valence-electron chi connectivity index (χ1n) is 9.87. The van der Waals surface area contributed by atoms with Gasteiger partial charge in [0.1, 0.15) is 5.69 Å². The van der Waals surface area contributed by atoms with Gasteiger partial charge in [-0.25, -0.2) is 9.97 Å². The first-order chi connectivity index (χ1) is 15.2. The number of amides is 1. The van der Waals surface area contributed by atoms with Crippen LogP contribution in [0.2, 0.25) is 0 Å². The number of carbonyl (C=O) groups is 1. The number of carbonyl (C=O) groups excluding carboxylic acids is 1. The number of hydrogen-bond acceptors (Lipinski definition) is 6. The summed E-state index contributed by atoms with van der Waals surface area (Å²) in [7, 11) is 0. The number of furan rings is 1. The van der Waals surface area contributed by atoms with Gasteiger partial charge in [0.15, 0.2) is 10.8 Å². The molecule has 0 fully saturated rings. The number of nitrogens with one attached hydrogen (secondary N) is 1. The quantitative estimate of drug-likeness (QED) is 0.413. The molecule has 7 nitrogen and oxygen atoms in total. The Morgan fingerprint density at radius 2 is 1.97 bits per heavy atom. The van der Waals surface area contributed by atoms with Gasteiger partial charge in [-0.15, -0.1) is 11.3 Å². The second-order valence-electron chi connectivity index (χ2n) is 7.00. The van der Waals surface area contributed by atoms with Crippen molar-refractivity contribution in [2.45, 2.75) is 19.9 Å². The number of thiazole rings is 1. The Kier molecular flexibility index (Phi) is 5.05. The molecule has 1 aromatic carbocycles. The van der Waals surface area contributed by atoms with E-state index in [1.54, 1.807) is 18.5 Å². The number of imidazole rings is 1. The highest BCUT2D eigenvalue weighted by molar-refractivity contribution is 7.15. The van der Waals surface area contributed by atoms with Crippen LogP contribution >= 0.6 is 11.3 Å². The van der Waals surface area contributed by atoms with Crippen molar-refractivity contribution in [3.05, 3.63) is 83.3 Å². The molecule has 4 heterocycles. The summed E-state index contributed by atoms with van der Waals surface area (Å²) in [4.78, 5) is 27.4. The molecule has 0 spiro atoms. The van der Waals surface area contributed by atoms with E-state index in [2.05, 4.69) is 20.3 Å². The van der Waals surface area contributed by atoms with Gasteiger partial charge < -0.3 is 8.98 Å². The highest BCUT2D eigenvalue weighted by Gasteiger charge is 2.20. The van der Waals surface area contributed by atoms with Crippen LogP contribution in [0, 0.1) is 6.92 Å². The highest BCUT2D eigenvalue weighted by atomic mass is 32.1. The smallest absolute Gasteiger partial charge is 0.277 e. The maximum Gasteiger partial charge on any atom is 0.277 e. The van der Waals surface area contributed by atoms with Gasteiger partial charge in [-0.3, -0.25) is 15.1 Å². The van der Waals surface area contributed by atoms with Gasteiger partial charge in [-0.1, -0.05) is 18.2 Å². The number of hydrogen-bond donors (Lipinski definition) is 1. The molecule has 4 aromatic heterocycles. The van der Waals surface area contributed by atoms with Crippen molar-refractivity contribution < 1.29 is 9.21 Å². The Balaban J connectivity index is 1.44. The van der Waals surface area contributed by atoms with Crippen molar-refractivity contribution in [3.8, 4) is 10.8 Å². The summed E-state index contributed by atoms with van der Waals surface area (Å²) >= 11 is 1.43. The number of benzene rings is 1. The topological polar surface area (TPSA) is 85.8 Å². The summed E-state index contributed by atoms with van der Waals surface area (Å²) < 4.78 is 7.42. The zero-order valence-electron chi connectivity index (χ0n) is 16.8. The molecule has 154 valence electrons. The van der Waals surface area contributed by atoms with Crippen molar-refractivity contribution in [1.82, 2.24) is 19.5 Å². The predicted molar refractivity (Wildman–Crippen MR) is 120 cm³/mol. The summed E-state index contributed by atoms with van der Waals surface area (Å²) in [5, 5.41) is 3.64. The van der Waals surface area contributed by atoms with Gasteiger partial charge in [0, 0.05) is 29.7 Å². The summed E-state index contributed by atoms with van der Waals surface area (Å²) in [5.74, 6) is 0.852. The Morgan fingerprint density at radius 3 is 2.77 bits per heavy atom. The number of aryl methyl sites for hydroxylation is 3. The molecule has 0 atom stereocenters. The third-order valence-corrected chi connectivity index (χ3v) is 5.93. The molecule has 0 saturated carbocycles. The van der Waals surface area contributed by atoms with Crippen LogP contribution in [0.5, 0.6) is 0 Å². The van der Waals surface area contributed by atoms with E-state index in [1.807, 2.05) is 60.0 Å². The fraction of sp³-hybridized carbons (Fsp3) is 0.130. The fourth-order valence-corrected chi connectivity index (χ4v) is 4.32. The summed E-state index contributed by atoms with van der Waals surface area (Å²) in [6.45, 7) is 2.52. The Morgan fingerprint density at radius 1 is 1.10 bits per heavy atom. The van der Waals surface area contributed by atoms with Crippen LogP contribution in [-0.4, -0.2) is 25.4 Å². The molecule has 0 bridgehead atoms. The zero-order valence-corrected chi connectivity index (χ0v) is 17.6. The summed E-state index contributed by atoms with van der Waals surface area (Å²) in [5.41, 5.74) is 3.14. The lowest BCUT2D eigenvalue weighted by Crippen LogP contribution is -2.18. The normalized spacial score (nSPS) is 11.1. The van der Waals surface area contributed by atoms with Gasteiger partial charge in [0.2, 0.25) is 5.95 Å². The van der Waals surface area contributed by atoms with Crippen LogP contribution in [0.4, 0.5) is 5.95 Å². The second-order valence-corrected chi connectivity index (χ2v) is 8.21. The van der Waals surface area contributed by atoms with Gasteiger partial charge in [-0.05, 0) is 43.3 Å². The average molecular weight is 430 g/mol. The maximum absolute atomic E-state index is 13.1. The Bertz CT molecular complexity index is 1340. The molecule has 1 N–H and O–H groups in total. The van der Waals surface area contributed by atoms with Crippen LogP contribution in [0.15, 0.2) is 71.5 Å². The molecule has 0 aliphatic heterocycles. The fourth-order valence-electron chi connectivity index (χ4n) is 3.44. The number of fused-ring (bicyclic) bond motifs is 1. The van der Waals surface area contributed by atoms with Gasteiger partial charge in [0.05, 0.1) is 17.3 Å². The molecule has 0 saturated heterocycles. The number of rotatable bonds is 6. The van der Waals surface area contributed by atoms with E-state index in [-0.39, 0.29) is 5.91 Å². The number of pyridine rings is 1. The summed E-state index contributed by atoms with van der Waals surface area (Å²) in [6, 6.07) is 17.3. The standard InChI is InChI=1S/C23H19N5O2S/c1-15-20(26-22(31-15)19-10-6-14-30-19)21(29)27-23-25-17-8-2-3-9-18(17)28(23)13-11-16-7-4-5-12-24-16/h2-10,12,14H,11,13H2,1H3,(H,25,27,29). The van der Waals surface area contributed by atoms with Crippen molar-refractivity contribution in [2.24, 2.45) is 0 Å². The minimum atomic E-state index is -0.291. The molecule has 5 aromatic rings. The number of nitrogens with zero attached hydrogens (tertiary/aromatic N) is 4. The first-order valence-corrected chi connectivity index (χ1v) is 10.7. The predicted octanol–water partition coefficient (Wildman–Crippen LogP) is 4.95. The van der Waals surface area contributed by atoms with Crippen LogP contribution < -0.4 is 5.32 Å². The molecule has 8 heteroatoms. The molecule has 0 radical (unpaired) electrons. The van der Waals surface area contributed by atoms with Crippen LogP contribution in [0.3, 0.4) is 0 Å². The molecular weight excluding hydrogens is 410 g/mol. The van der Waals surface area contributed by atoms with Gasteiger partial charge in [-0.2, -0.15) is 0 Å². The summed E-state index contributed by atoms with van der Waals surface area (Å²) in [6.07, 6.45) is 4.10. The molecule has 0 aliphatic rings. The monoisotopic (exact) mass is 429 g/mol. The lowest BCUT2D eigenvalue weighted by molar-refractivity contribution is 0.102. The third-order valence-electron chi connectivity index (χ3n) is 4.94. The molecule has 0 unspecified atom stereocenters.